The number of nitrogens with one attached hydrogen (secondary N) is 1. The fourth-order valence-corrected chi connectivity index (χ4v) is 2.47. The van der Waals surface area contributed by atoms with Gasteiger partial charge < -0.3 is 14.8 Å². The summed E-state index contributed by atoms with van der Waals surface area (Å²) < 4.78 is 12.7. The van der Waals surface area contributed by atoms with Crippen LogP contribution < -0.4 is 14.8 Å². The van der Waals surface area contributed by atoms with Gasteiger partial charge in [-0.15, -0.1) is 0 Å². The first-order valence-corrected chi connectivity index (χ1v) is 8.59. The van der Waals surface area contributed by atoms with Gasteiger partial charge in [0, 0.05) is 6.54 Å². The van der Waals surface area contributed by atoms with E-state index in [1.807, 2.05) is 6.92 Å². The van der Waals surface area contributed by atoms with E-state index in [1.165, 1.54) is 5.56 Å². The van der Waals surface area contributed by atoms with Crippen molar-refractivity contribution in [2.45, 2.75) is 53.7 Å². The Bertz CT molecular complexity index is 435. The van der Waals surface area contributed by atoms with Crippen molar-refractivity contribution in [3.8, 4) is 11.5 Å². The van der Waals surface area contributed by atoms with Crippen LogP contribution in [-0.4, -0.2) is 19.3 Å². The monoisotopic (exact) mass is 357 g/mol. The van der Waals surface area contributed by atoms with E-state index in [-0.39, 0.29) is 6.10 Å². The highest BCUT2D eigenvalue weighted by Gasteiger charge is 2.14. The van der Waals surface area contributed by atoms with E-state index in [1.54, 1.807) is 0 Å². The van der Waals surface area contributed by atoms with E-state index >= 15 is 0 Å². The van der Waals surface area contributed by atoms with Gasteiger partial charge in [0.2, 0.25) is 0 Å². The molecular formula is C17H28BrNO2. The highest BCUT2D eigenvalue weighted by atomic mass is 79.9. The number of rotatable bonds is 9. The van der Waals surface area contributed by atoms with Crippen LogP contribution in [0, 0.1) is 5.92 Å². The molecule has 0 bridgehead atoms. The highest BCUT2D eigenvalue weighted by Crippen LogP contribution is 2.37. The Kier molecular flexibility index (Phi) is 8.12. The van der Waals surface area contributed by atoms with Gasteiger partial charge in [0.25, 0.3) is 0 Å². The molecule has 120 valence electrons. The molecule has 1 N–H and O–H groups in total. The summed E-state index contributed by atoms with van der Waals surface area (Å²) in [6.45, 7) is 13.1. The second-order valence-corrected chi connectivity index (χ2v) is 6.55. The number of halogens is 1. The summed E-state index contributed by atoms with van der Waals surface area (Å²) >= 11 is 3.61. The topological polar surface area (TPSA) is 30.5 Å². The Morgan fingerprint density at radius 1 is 1.19 bits per heavy atom. The molecule has 3 nitrogen and oxygen atoms in total. The van der Waals surface area contributed by atoms with Crippen LogP contribution in [0.3, 0.4) is 0 Å². The van der Waals surface area contributed by atoms with Crippen LogP contribution in [0.4, 0.5) is 0 Å². The molecule has 0 amide bonds. The number of ether oxygens (including phenoxy) is 2. The maximum atomic E-state index is 5.98. The Labute approximate surface area is 137 Å². The maximum Gasteiger partial charge on any atom is 0.175 e. The fourth-order valence-electron chi connectivity index (χ4n) is 1.89. The largest absolute Gasteiger partial charge is 0.490 e. The average Bonchev–Trinajstić information content (AvgIpc) is 2.42. The molecule has 1 unspecified atom stereocenters. The summed E-state index contributed by atoms with van der Waals surface area (Å²) in [7, 11) is 0. The summed E-state index contributed by atoms with van der Waals surface area (Å²) in [4.78, 5) is 0. The Balaban J connectivity index is 2.89. The lowest BCUT2D eigenvalue weighted by Gasteiger charge is -2.19. The van der Waals surface area contributed by atoms with Gasteiger partial charge in [0.15, 0.2) is 11.5 Å². The molecule has 1 rings (SSSR count). The molecule has 0 aliphatic carbocycles. The highest BCUT2D eigenvalue weighted by molar-refractivity contribution is 9.10. The van der Waals surface area contributed by atoms with Crippen molar-refractivity contribution in [3.63, 3.8) is 0 Å². The first-order valence-electron chi connectivity index (χ1n) is 7.80. The van der Waals surface area contributed by atoms with Crippen LogP contribution >= 0.6 is 15.9 Å². The second kappa shape index (κ2) is 9.31. The van der Waals surface area contributed by atoms with E-state index in [9.17, 15) is 0 Å². The predicted molar refractivity (Wildman–Crippen MR) is 92.2 cm³/mol. The SMILES string of the molecule is CCOc1cc(CNCC(C)C)cc(Br)c1OC(C)CC. The molecule has 0 radical (unpaired) electrons. The average molecular weight is 358 g/mol. The van der Waals surface area contributed by atoms with Crippen LogP contribution in [0.1, 0.15) is 46.6 Å². The zero-order chi connectivity index (χ0) is 15.8. The van der Waals surface area contributed by atoms with Gasteiger partial charge in [-0.1, -0.05) is 20.8 Å². The van der Waals surface area contributed by atoms with E-state index in [0.29, 0.717) is 12.5 Å². The molecule has 0 saturated carbocycles. The Morgan fingerprint density at radius 2 is 1.90 bits per heavy atom. The molecule has 0 saturated heterocycles. The van der Waals surface area contributed by atoms with Crippen molar-refractivity contribution in [3.05, 3.63) is 22.2 Å². The zero-order valence-corrected chi connectivity index (χ0v) is 15.4. The first-order chi connectivity index (χ1) is 9.97. The van der Waals surface area contributed by atoms with E-state index in [4.69, 9.17) is 9.47 Å². The van der Waals surface area contributed by atoms with Gasteiger partial charge in [-0.05, 0) is 66.4 Å². The Hall–Kier alpha value is -0.740. The first kappa shape index (κ1) is 18.3. The summed E-state index contributed by atoms with van der Waals surface area (Å²) in [6, 6.07) is 4.17. The lowest BCUT2D eigenvalue weighted by Crippen LogP contribution is -2.19. The van der Waals surface area contributed by atoms with Gasteiger partial charge in [0.1, 0.15) is 0 Å². The van der Waals surface area contributed by atoms with Crippen LogP contribution in [0.5, 0.6) is 11.5 Å². The van der Waals surface area contributed by atoms with Crippen molar-refractivity contribution in [1.82, 2.24) is 5.32 Å². The van der Waals surface area contributed by atoms with Crippen molar-refractivity contribution in [2.75, 3.05) is 13.2 Å². The summed E-state index contributed by atoms with van der Waals surface area (Å²) in [5.74, 6) is 2.26. The van der Waals surface area contributed by atoms with Gasteiger partial charge in [-0.2, -0.15) is 0 Å². The zero-order valence-electron chi connectivity index (χ0n) is 13.8. The molecule has 1 aromatic rings. The molecule has 21 heavy (non-hydrogen) atoms. The standard InChI is InChI=1S/C17H28BrNO2/c1-6-13(5)21-17-15(18)8-14(9-16(17)20-7-2)11-19-10-12(3)4/h8-9,12-13,19H,6-7,10-11H2,1-5H3. The van der Waals surface area contributed by atoms with Crippen LogP contribution in [0.15, 0.2) is 16.6 Å². The van der Waals surface area contributed by atoms with Gasteiger partial charge in [0.05, 0.1) is 17.2 Å². The van der Waals surface area contributed by atoms with Crippen molar-refractivity contribution >= 4 is 15.9 Å². The Morgan fingerprint density at radius 3 is 2.48 bits per heavy atom. The van der Waals surface area contributed by atoms with Crippen LogP contribution in [0.25, 0.3) is 0 Å². The van der Waals surface area contributed by atoms with Crippen LogP contribution in [-0.2, 0) is 6.54 Å². The third-order valence-corrected chi connectivity index (χ3v) is 3.73. The third kappa shape index (κ3) is 6.27. The van der Waals surface area contributed by atoms with Gasteiger partial charge >= 0.3 is 0 Å². The van der Waals surface area contributed by atoms with Crippen molar-refractivity contribution < 1.29 is 9.47 Å². The molecule has 0 fully saturated rings. The molecule has 1 aromatic carbocycles. The maximum absolute atomic E-state index is 5.98. The molecule has 0 aliphatic rings. The minimum atomic E-state index is 0.172. The lowest BCUT2D eigenvalue weighted by atomic mass is 10.1. The van der Waals surface area contributed by atoms with Gasteiger partial charge in [-0.25, -0.2) is 0 Å². The molecular weight excluding hydrogens is 330 g/mol. The molecule has 4 heteroatoms. The molecule has 0 heterocycles. The smallest absolute Gasteiger partial charge is 0.175 e. The van der Waals surface area contributed by atoms with E-state index in [2.05, 4.69) is 61.1 Å². The number of hydrogen-bond acceptors (Lipinski definition) is 3. The normalized spacial score (nSPS) is 12.5. The predicted octanol–water partition coefficient (Wildman–Crippen LogP) is 4.77. The van der Waals surface area contributed by atoms with Gasteiger partial charge in [-0.3, -0.25) is 0 Å². The van der Waals surface area contributed by atoms with E-state index in [0.717, 1.165) is 35.5 Å². The van der Waals surface area contributed by atoms with Crippen molar-refractivity contribution in [1.29, 1.82) is 0 Å². The quantitative estimate of drug-likeness (QED) is 0.690. The fraction of sp³-hybridized carbons (Fsp3) is 0.647. The third-order valence-electron chi connectivity index (χ3n) is 3.14. The molecule has 0 aromatic heterocycles. The molecule has 0 spiro atoms. The summed E-state index contributed by atoms with van der Waals surface area (Å²) in [6.07, 6.45) is 1.14. The second-order valence-electron chi connectivity index (χ2n) is 5.70. The minimum absolute atomic E-state index is 0.172. The summed E-state index contributed by atoms with van der Waals surface area (Å²) in [5.41, 5.74) is 1.20. The number of hydrogen-bond donors (Lipinski definition) is 1. The number of benzene rings is 1. The minimum Gasteiger partial charge on any atom is -0.490 e. The molecule has 1 atom stereocenters. The van der Waals surface area contributed by atoms with Crippen LogP contribution in [0.2, 0.25) is 0 Å². The van der Waals surface area contributed by atoms with E-state index < -0.39 is 0 Å². The summed E-state index contributed by atoms with van der Waals surface area (Å²) in [5, 5.41) is 3.45. The lowest BCUT2D eigenvalue weighted by molar-refractivity contribution is 0.201. The molecule has 0 aliphatic heterocycles. The van der Waals surface area contributed by atoms with Crippen molar-refractivity contribution in [2.24, 2.45) is 5.92 Å².